The normalized spacial score (nSPS) is 18.2. The molecule has 9 nitrogen and oxygen atoms in total. The van der Waals surface area contributed by atoms with Crippen LogP contribution in [0.5, 0.6) is 23.0 Å². The first-order chi connectivity index (χ1) is 18.5. The second-order valence-corrected chi connectivity index (χ2v) is 9.64. The number of carbonyl (C=O) groups is 2. The minimum Gasteiger partial charge on any atom is -0.507 e. The number of rotatable bonds is 5. The molecule has 0 radical (unpaired) electrons. The maximum Gasteiger partial charge on any atom is 0.301 e. The summed E-state index contributed by atoms with van der Waals surface area (Å²) in [5.41, 5.74) is 1.56. The third-order valence-electron chi connectivity index (χ3n) is 6.48. The van der Waals surface area contributed by atoms with Gasteiger partial charge < -0.3 is 24.1 Å². The molecule has 0 spiro atoms. The molecule has 4 aromatic rings. The van der Waals surface area contributed by atoms with Crippen LogP contribution in [0, 0.1) is 0 Å². The summed E-state index contributed by atoms with van der Waals surface area (Å²) >= 11 is 1.26. The Kier molecular flexibility index (Phi) is 5.88. The number of nitrogens with zero attached hydrogens (tertiary/aromatic N) is 2. The number of fused-ring (bicyclic) bond motifs is 2. The number of carbonyl (C=O) groups excluding carboxylic acids is 2. The van der Waals surface area contributed by atoms with Gasteiger partial charge in [0.15, 0.2) is 16.6 Å². The molecule has 1 atom stereocenters. The Hall–Kier alpha value is -4.57. The van der Waals surface area contributed by atoms with Crippen molar-refractivity contribution in [3.63, 3.8) is 0 Å². The predicted octanol–water partition coefficient (Wildman–Crippen LogP) is 4.71. The average Bonchev–Trinajstić information content (AvgIpc) is 3.49. The number of aromatic nitrogens is 1. The van der Waals surface area contributed by atoms with Crippen molar-refractivity contribution in [2.24, 2.45) is 0 Å². The first-order valence-electron chi connectivity index (χ1n) is 11.8. The molecule has 0 bridgehead atoms. The minimum atomic E-state index is -0.920. The minimum absolute atomic E-state index is 0.0475. The van der Waals surface area contributed by atoms with Gasteiger partial charge in [0.1, 0.15) is 30.5 Å². The predicted molar refractivity (Wildman–Crippen MR) is 141 cm³/mol. The molecule has 1 N–H and O–H groups in total. The second kappa shape index (κ2) is 9.38. The summed E-state index contributed by atoms with van der Waals surface area (Å²) in [6.45, 7) is 0.796. The second-order valence-electron chi connectivity index (χ2n) is 8.63. The van der Waals surface area contributed by atoms with E-state index in [1.807, 2.05) is 6.07 Å². The molecule has 38 heavy (non-hydrogen) atoms. The van der Waals surface area contributed by atoms with Crippen LogP contribution in [0.25, 0.3) is 16.0 Å². The third-order valence-corrected chi connectivity index (χ3v) is 7.50. The van der Waals surface area contributed by atoms with Crippen molar-refractivity contribution >= 4 is 44.1 Å². The summed E-state index contributed by atoms with van der Waals surface area (Å²) < 4.78 is 22.6. The lowest BCUT2D eigenvalue weighted by atomic mass is 9.95. The van der Waals surface area contributed by atoms with E-state index in [0.717, 1.165) is 4.70 Å². The first-order valence-corrected chi connectivity index (χ1v) is 12.6. The molecule has 0 saturated carbocycles. The van der Waals surface area contributed by atoms with E-state index in [2.05, 4.69) is 4.98 Å². The van der Waals surface area contributed by atoms with Crippen molar-refractivity contribution in [2.75, 3.05) is 32.3 Å². The molecular weight excluding hydrogens is 508 g/mol. The summed E-state index contributed by atoms with van der Waals surface area (Å²) in [6, 6.07) is 16.4. The zero-order chi connectivity index (χ0) is 26.4. The van der Waals surface area contributed by atoms with E-state index in [0.29, 0.717) is 58.0 Å². The Balaban J connectivity index is 1.52. The summed E-state index contributed by atoms with van der Waals surface area (Å²) in [5.74, 6) is 0.364. The van der Waals surface area contributed by atoms with Crippen LogP contribution in [0.4, 0.5) is 5.13 Å². The van der Waals surface area contributed by atoms with Gasteiger partial charge in [-0.15, -0.1) is 0 Å². The van der Waals surface area contributed by atoms with Crippen molar-refractivity contribution in [1.29, 1.82) is 0 Å². The van der Waals surface area contributed by atoms with Crippen LogP contribution in [0.1, 0.15) is 17.2 Å². The zero-order valence-corrected chi connectivity index (χ0v) is 21.3. The van der Waals surface area contributed by atoms with Crippen LogP contribution in [-0.4, -0.2) is 49.2 Å². The highest BCUT2D eigenvalue weighted by atomic mass is 32.1. The molecule has 1 saturated heterocycles. The topological polar surface area (TPSA) is 107 Å². The molecular formula is C28H22N2O7S. The fraction of sp³-hybridized carbons (Fsp3) is 0.179. The fourth-order valence-corrected chi connectivity index (χ4v) is 5.62. The van der Waals surface area contributed by atoms with E-state index in [1.54, 1.807) is 68.8 Å². The molecule has 2 aliphatic rings. The van der Waals surface area contributed by atoms with Crippen LogP contribution in [0.2, 0.25) is 0 Å². The smallest absolute Gasteiger partial charge is 0.301 e. The molecule has 3 heterocycles. The number of ketones is 1. The standard InChI is InChI=1S/C28H22N2O7S/c1-34-17-6-3-15(4-7-17)24-23(25(31)16-5-10-20-21(13-16)37-12-11-36-20)26(32)27(33)30(24)28-29-19-9-8-18(35-2)14-22(19)38-28/h3-10,13-14,24,31H,11-12H2,1-2H3/t24-/m0/s1. The SMILES string of the molecule is COc1ccc([C@H]2C(=C(O)c3ccc4c(c3)OCCO4)C(=O)C(=O)N2c2nc3ccc(OC)cc3s2)cc1. The fourth-order valence-electron chi connectivity index (χ4n) is 4.60. The van der Waals surface area contributed by atoms with E-state index in [9.17, 15) is 14.7 Å². The number of benzene rings is 3. The van der Waals surface area contributed by atoms with Gasteiger partial charge in [-0.3, -0.25) is 14.5 Å². The number of aliphatic hydroxyl groups is 1. The first kappa shape index (κ1) is 23.8. The Labute approximate surface area is 221 Å². The van der Waals surface area contributed by atoms with Crippen LogP contribution in [0.3, 0.4) is 0 Å². The van der Waals surface area contributed by atoms with Gasteiger partial charge in [-0.1, -0.05) is 23.5 Å². The molecule has 3 aromatic carbocycles. The summed E-state index contributed by atoms with van der Waals surface area (Å²) in [4.78, 5) is 33.0. The maximum absolute atomic E-state index is 13.5. The molecule has 2 aliphatic heterocycles. The third kappa shape index (κ3) is 3.90. The van der Waals surface area contributed by atoms with E-state index >= 15 is 0 Å². The van der Waals surface area contributed by atoms with Gasteiger partial charge in [-0.25, -0.2) is 4.98 Å². The number of aliphatic hydroxyl groups excluding tert-OH is 1. The van der Waals surface area contributed by atoms with Crippen molar-refractivity contribution in [2.45, 2.75) is 6.04 Å². The molecule has 1 aromatic heterocycles. The number of anilines is 1. The quantitative estimate of drug-likeness (QED) is 0.225. The summed E-state index contributed by atoms with van der Waals surface area (Å²) in [6.07, 6.45) is 0. The highest BCUT2D eigenvalue weighted by Gasteiger charge is 2.48. The van der Waals surface area contributed by atoms with Crippen molar-refractivity contribution in [1.82, 2.24) is 4.98 Å². The van der Waals surface area contributed by atoms with Gasteiger partial charge in [0.25, 0.3) is 5.78 Å². The van der Waals surface area contributed by atoms with E-state index in [-0.39, 0.29) is 11.3 Å². The van der Waals surface area contributed by atoms with E-state index < -0.39 is 17.7 Å². The Morgan fingerprint density at radius 1 is 0.947 bits per heavy atom. The molecule has 0 unspecified atom stereocenters. The number of amides is 1. The Morgan fingerprint density at radius 2 is 1.66 bits per heavy atom. The van der Waals surface area contributed by atoms with Gasteiger partial charge >= 0.3 is 5.91 Å². The molecule has 192 valence electrons. The highest BCUT2D eigenvalue weighted by molar-refractivity contribution is 7.22. The van der Waals surface area contributed by atoms with Crippen molar-refractivity contribution in [3.05, 3.63) is 77.4 Å². The number of hydrogen-bond donors (Lipinski definition) is 1. The van der Waals surface area contributed by atoms with Crippen LogP contribution < -0.4 is 23.8 Å². The number of ether oxygens (including phenoxy) is 4. The van der Waals surface area contributed by atoms with Gasteiger partial charge in [0, 0.05) is 5.56 Å². The molecule has 10 heteroatoms. The molecule has 1 amide bonds. The van der Waals surface area contributed by atoms with Gasteiger partial charge in [0.2, 0.25) is 0 Å². The highest BCUT2D eigenvalue weighted by Crippen LogP contribution is 2.45. The van der Waals surface area contributed by atoms with E-state index in [4.69, 9.17) is 18.9 Å². The lowest BCUT2D eigenvalue weighted by molar-refractivity contribution is -0.132. The molecule has 6 rings (SSSR count). The summed E-state index contributed by atoms with van der Waals surface area (Å²) in [5, 5.41) is 11.8. The van der Waals surface area contributed by atoms with Crippen LogP contribution in [0.15, 0.2) is 66.2 Å². The summed E-state index contributed by atoms with van der Waals surface area (Å²) in [7, 11) is 3.13. The van der Waals surface area contributed by atoms with Crippen LogP contribution in [-0.2, 0) is 9.59 Å². The Bertz CT molecular complexity index is 1610. The number of Topliss-reactive ketones (excluding diaryl/α,β-unsaturated/α-hetero) is 1. The van der Waals surface area contributed by atoms with Gasteiger partial charge in [-0.05, 0) is 54.1 Å². The average molecular weight is 531 g/mol. The largest absolute Gasteiger partial charge is 0.507 e. The molecule has 0 aliphatic carbocycles. The van der Waals surface area contributed by atoms with E-state index in [1.165, 1.54) is 16.2 Å². The lowest BCUT2D eigenvalue weighted by Crippen LogP contribution is -2.29. The van der Waals surface area contributed by atoms with Crippen molar-refractivity contribution in [3.8, 4) is 23.0 Å². The molecule has 1 fully saturated rings. The zero-order valence-electron chi connectivity index (χ0n) is 20.5. The monoisotopic (exact) mass is 530 g/mol. The van der Waals surface area contributed by atoms with Crippen molar-refractivity contribution < 1.29 is 33.6 Å². The van der Waals surface area contributed by atoms with Gasteiger partial charge in [0.05, 0.1) is 36.1 Å². The Morgan fingerprint density at radius 3 is 2.39 bits per heavy atom. The number of thiazole rings is 1. The number of methoxy groups -OCH3 is 2. The maximum atomic E-state index is 13.5. The lowest BCUT2D eigenvalue weighted by Gasteiger charge is -2.23. The number of hydrogen-bond acceptors (Lipinski definition) is 9. The van der Waals surface area contributed by atoms with Gasteiger partial charge in [-0.2, -0.15) is 0 Å². The van der Waals surface area contributed by atoms with Crippen LogP contribution >= 0.6 is 11.3 Å².